The van der Waals surface area contributed by atoms with Crippen LogP contribution >= 0.6 is 0 Å². The Labute approximate surface area is 141 Å². The summed E-state index contributed by atoms with van der Waals surface area (Å²) in [6.45, 7) is 0. The number of aliphatic hydroxyl groups excluding tert-OH is 2. The third-order valence-electron chi connectivity index (χ3n) is 1.56. The van der Waals surface area contributed by atoms with Crippen LogP contribution in [-0.2, 0) is 37.5 Å². The molecular weight excluding hydrogens is 386 g/mol. The van der Waals surface area contributed by atoms with Gasteiger partial charge in [0.15, 0.2) is 0 Å². The minimum atomic E-state index is -1.47. The second kappa shape index (κ2) is 9.50. The fraction of sp³-hybridized carbons (Fsp3) is 0.222. The first kappa shape index (κ1) is 17.7. The van der Waals surface area contributed by atoms with Crippen molar-refractivity contribution in [2.45, 2.75) is 12.2 Å². The van der Waals surface area contributed by atoms with Crippen molar-refractivity contribution in [1.29, 1.82) is 0 Å². The predicted octanol–water partition coefficient (Wildman–Crippen LogP) is 0.188. The molecule has 2 radical (unpaired) electrons. The molecule has 0 fully saturated rings. The van der Waals surface area contributed by atoms with Gasteiger partial charge in [0.05, 0.1) is 6.10 Å². The molecule has 0 heterocycles. The Bertz CT molecular complexity index is 255. The zero-order chi connectivity index (χ0) is 8.97. The second-order valence-electron chi connectivity index (χ2n) is 2.42. The van der Waals surface area contributed by atoms with Gasteiger partial charge in [-0.05, 0) is 11.7 Å². The van der Waals surface area contributed by atoms with Crippen LogP contribution in [0, 0.1) is 41.3 Å². The summed E-state index contributed by atoms with van der Waals surface area (Å²) in [6.07, 6.45) is -1.32. The van der Waals surface area contributed by atoms with Gasteiger partial charge in [0.25, 0.3) is 0 Å². The minimum Gasteiger partial charge on any atom is -0.539 e. The van der Waals surface area contributed by atoms with Gasteiger partial charge in [-0.25, -0.2) is 6.29 Å². The van der Waals surface area contributed by atoms with Gasteiger partial charge in [0.2, 0.25) is 0 Å². The van der Waals surface area contributed by atoms with E-state index in [4.69, 9.17) is 5.11 Å². The SMILES string of the molecule is O=[C-]C(O)C(O)c1ccccc1.[Pr].[Y]. The first-order valence-electron chi connectivity index (χ1n) is 3.54. The van der Waals surface area contributed by atoms with Crippen molar-refractivity contribution in [3.8, 4) is 0 Å². The van der Waals surface area contributed by atoms with E-state index in [0.717, 1.165) is 0 Å². The largest absolute Gasteiger partial charge is 0.539 e. The molecule has 0 spiro atoms. The number of hydrogen-bond acceptors (Lipinski definition) is 3. The molecule has 0 bridgehead atoms. The zero-order valence-electron chi connectivity index (χ0n) is 7.50. The van der Waals surface area contributed by atoms with Gasteiger partial charge in [-0.2, -0.15) is 0 Å². The molecule has 14 heavy (non-hydrogen) atoms. The molecule has 2 N–H and O–H groups in total. The smallest absolute Gasteiger partial charge is 0.0802 e. The summed E-state index contributed by atoms with van der Waals surface area (Å²) in [4.78, 5) is 9.98. The van der Waals surface area contributed by atoms with Crippen LogP contribution in [0.15, 0.2) is 30.3 Å². The van der Waals surface area contributed by atoms with Gasteiger partial charge in [0, 0.05) is 74.0 Å². The summed E-state index contributed by atoms with van der Waals surface area (Å²) in [5.41, 5.74) is 0.508. The van der Waals surface area contributed by atoms with Crippen molar-refractivity contribution >= 4 is 6.29 Å². The molecule has 0 aliphatic heterocycles. The molecule has 5 heteroatoms. The summed E-state index contributed by atoms with van der Waals surface area (Å²) >= 11 is 0. The van der Waals surface area contributed by atoms with Gasteiger partial charge in [0.1, 0.15) is 0 Å². The second-order valence-corrected chi connectivity index (χ2v) is 2.42. The predicted molar refractivity (Wildman–Crippen MR) is 43.1 cm³/mol. The Kier molecular flexibility index (Phi) is 12.0. The number of benzene rings is 1. The van der Waals surface area contributed by atoms with E-state index in [9.17, 15) is 9.90 Å². The van der Waals surface area contributed by atoms with Crippen LogP contribution in [0.2, 0.25) is 0 Å². The fourth-order valence-electron chi connectivity index (χ4n) is 0.897. The number of hydrogen-bond donors (Lipinski definition) is 2. The summed E-state index contributed by atoms with van der Waals surface area (Å²) < 4.78 is 0. The first-order valence-corrected chi connectivity index (χ1v) is 3.54. The Morgan fingerprint density at radius 1 is 1.14 bits per heavy atom. The third kappa shape index (κ3) is 5.39. The Hall–Kier alpha value is 1.28. The molecule has 0 saturated heterocycles. The molecule has 2 atom stereocenters. The van der Waals surface area contributed by atoms with Crippen molar-refractivity contribution in [2.24, 2.45) is 0 Å². The quantitative estimate of drug-likeness (QED) is 0.719. The van der Waals surface area contributed by atoms with Crippen molar-refractivity contribution in [3.63, 3.8) is 0 Å². The standard InChI is InChI=1S/C9H9O3.Pr.Y/c10-6-8(11)9(12)7-4-2-1-3-5-7;;/h1-5,8-9,11-12H;;/q-1;;. The maximum atomic E-state index is 9.98. The van der Waals surface area contributed by atoms with E-state index in [1.165, 1.54) is 6.29 Å². The Balaban J connectivity index is 0. The van der Waals surface area contributed by atoms with Crippen molar-refractivity contribution < 1.29 is 89.0 Å². The van der Waals surface area contributed by atoms with E-state index in [2.05, 4.69) is 0 Å². The molecule has 1 aromatic rings. The van der Waals surface area contributed by atoms with Gasteiger partial charge < -0.3 is 15.0 Å². The van der Waals surface area contributed by atoms with Crippen molar-refractivity contribution in [2.75, 3.05) is 0 Å². The summed E-state index contributed by atoms with van der Waals surface area (Å²) in [5.74, 6) is 0. The summed E-state index contributed by atoms with van der Waals surface area (Å²) in [7, 11) is 0. The topological polar surface area (TPSA) is 57.5 Å². The minimum absolute atomic E-state index is 0. The molecule has 0 aromatic heterocycles. The molecule has 1 rings (SSSR count). The van der Waals surface area contributed by atoms with E-state index >= 15 is 0 Å². The van der Waals surface area contributed by atoms with Crippen LogP contribution in [0.3, 0.4) is 0 Å². The number of aliphatic hydroxyl groups is 2. The van der Waals surface area contributed by atoms with Crippen LogP contribution < -0.4 is 0 Å². The number of rotatable bonds is 3. The number of carbonyl (C=O) groups excluding carboxylic acids is 1. The molecule has 0 aliphatic rings. The maximum Gasteiger partial charge on any atom is 0.0802 e. The molecule has 0 aliphatic carbocycles. The van der Waals surface area contributed by atoms with E-state index in [1.54, 1.807) is 30.3 Å². The monoisotopic (exact) mass is 395 g/mol. The molecule has 1 aromatic carbocycles. The van der Waals surface area contributed by atoms with Crippen LogP contribution in [0.25, 0.3) is 0 Å². The molecular formula is C9H9O3PrY-. The Morgan fingerprint density at radius 2 is 1.64 bits per heavy atom. The van der Waals surface area contributed by atoms with Gasteiger partial charge >= 0.3 is 0 Å². The average molecular weight is 395 g/mol. The van der Waals surface area contributed by atoms with Crippen LogP contribution in [0.5, 0.6) is 0 Å². The van der Waals surface area contributed by atoms with E-state index in [-0.39, 0.29) is 74.0 Å². The van der Waals surface area contributed by atoms with Crippen molar-refractivity contribution in [3.05, 3.63) is 35.9 Å². The molecule has 2 unspecified atom stereocenters. The third-order valence-corrected chi connectivity index (χ3v) is 1.56. The van der Waals surface area contributed by atoms with E-state index in [1.807, 2.05) is 0 Å². The zero-order valence-corrected chi connectivity index (χ0v) is 14.0. The summed E-state index contributed by atoms with van der Waals surface area (Å²) in [6, 6.07) is 8.48. The molecule has 3 nitrogen and oxygen atoms in total. The van der Waals surface area contributed by atoms with E-state index in [0.29, 0.717) is 5.56 Å². The molecule has 70 valence electrons. The maximum absolute atomic E-state index is 9.98. The first-order chi connectivity index (χ1) is 5.75. The van der Waals surface area contributed by atoms with Crippen molar-refractivity contribution in [1.82, 2.24) is 0 Å². The average Bonchev–Trinajstić information content (AvgIpc) is 2.17. The van der Waals surface area contributed by atoms with Gasteiger partial charge in [-0.3, -0.25) is 0 Å². The fourth-order valence-corrected chi connectivity index (χ4v) is 0.897. The van der Waals surface area contributed by atoms with Crippen LogP contribution in [0.1, 0.15) is 11.7 Å². The normalized spacial score (nSPS) is 13.0. The van der Waals surface area contributed by atoms with Crippen LogP contribution in [-0.4, -0.2) is 22.6 Å². The molecule has 0 amide bonds. The van der Waals surface area contributed by atoms with Gasteiger partial charge in [-0.15, -0.1) is 0 Å². The summed E-state index contributed by atoms with van der Waals surface area (Å²) in [5, 5.41) is 18.2. The van der Waals surface area contributed by atoms with E-state index < -0.39 is 12.2 Å². The van der Waals surface area contributed by atoms with Gasteiger partial charge in [-0.1, -0.05) is 30.3 Å². The Morgan fingerprint density at radius 3 is 2.07 bits per heavy atom. The molecule has 0 saturated carbocycles. The van der Waals surface area contributed by atoms with Crippen LogP contribution in [0.4, 0.5) is 0 Å².